The highest BCUT2D eigenvalue weighted by Gasteiger charge is 2.11. The number of alkyl halides is 2. The Morgan fingerprint density at radius 2 is 1.71 bits per heavy atom. The van der Waals surface area contributed by atoms with Crippen LogP contribution in [0.1, 0.15) is 10.4 Å². The van der Waals surface area contributed by atoms with Crippen molar-refractivity contribution in [3.8, 4) is 5.75 Å². The minimum atomic E-state index is -2.97. The van der Waals surface area contributed by atoms with E-state index in [2.05, 4.69) is 10.1 Å². The summed E-state index contributed by atoms with van der Waals surface area (Å²) >= 11 is 0. The van der Waals surface area contributed by atoms with Crippen LogP contribution in [-0.2, 0) is 0 Å². The van der Waals surface area contributed by atoms with Gasteiger partial charge in [-0.05, 0) is 36.4 Å². The number of carbonyl (C=O) groups excluding carboxylic acids is 1. The van der Waals surface area contributed by atoms with Crippen LogP contribution in [0.25, 0.3) is 0 Å². The summed E-state index contributed by atoms with van der Waals surface area (Å²) in [5, 5.41) is 2.18. The van der Waals surface area contributed by atoms with Gasteiger partial charge in [0.2, 0.25) is 0 Å². The van der Waals surface area contributed by atoms with Gasteiger partial charge in [-0.2, -0.15) is 8.78 Å². The molecular weight excluding hydrogens is 290 g/mol. The molecule has 1 N–H and O–H groups in total. The Labute approximate surface area is 117 Å². The summed E-state index contributed by atoms with van der Waals surface area (Å²) in [5.41, 5.74) is -0.229. The van der Waals surface area contributed by atoms with Crippen LogP contribution in [0.2, 0.25) is 0 Å². The standard InChI is InChI=1S/C14H9F4NO2/c15-9-3-6-11(16)12(7-9)19-13(20)8-1-4-10(5-2-8)21-14(17)18/h1-7,14H,(H,19,20). The summed E-state index contributed by atoms with van der Waals surface area (Å²) in [4.78, 5) is 11.8. The second-order valence-electron chi connectivity index (χ2n) is 3.98. The largest absolute Gasteiger partial charge is 0.435 e. The molecule has 7 heteroatoms. The van der Waals surface area contributed by atoms with Crippen molar-refractivity contribution in [1.29, 1.82) is 0 Å². The van der Waals surface area contributed by atoms with Crippen molar-refractivity contribution in [2.24, 2.45) is 0 Å². The number of halogens is 4. The Morgan fingerprint density at radius 1 is 1.05 bits per heavy atom. The van der Waals surface area contributed by atoms with Gasteiger partial charge in [-0.3, -0.25) is 4.79 Å². The lowest BCUT2D eigenvalue weighted by atomic mass is 10.2. The first-order valence-electron chi connectivity index (χ1n) is 5.77. The minimum Gasteiger partial charge on any atom is -0.435 e. The number of hydrogen-bond acceptors (Lipinski definition) is 2. The predicted octanol–water partition coefficient (Wildman–Crippen LogP) is 3.82. The van der Waals surface area contributed by atoms with E-state index < -0.39 is 24.2 Å². The second kappa shape index (κ2) is 6.25. The van der Waals surface area contributed by atoms with E-state index in [1.165, 1.54) is 24.3 Å². The van der Waals surface area contributed by atoms with Crippen LogP contribution < -0.4 is 10.1 Å². The number of anilines is 1. The molecule has 0 heterocycles. The maximum absolute atomic E-state index is 13.4. The number of hydrogen-bond donors (Lipinski definition) is 1. The molecule has 0 spiro atoms. The fourth-order valence-electron chi connectivity index (χ4n) is 1.58. The van der Waals surface area contributed by atoms with Crippen molar-refractivity contribution in [2.75, 3.05) is 5.32 Å². The molecule has 0 aliphatic rings. The monoisotopic (exact) mass is 299 g/mol. The summed E-state index contributed by atoms with van der Waals surface area (Å²) in [5.74, 6) is -2.31. The average Bonchev–Trinajstić information content (AvgIpc) is 2.43. The van der Waals surface area contributed by atoms with Gasteiger partial charge in [0.15, 0.2) is 0 Å². The topological polar surface area (TPSA) is 38.3 Å². The van der Waals surface area contributed by atoms with Crippen LogP contribution >= 0.6 is 0 Å². The van der Waals surface area contributed by atoms with E-state index in [9.17, 15) is 22.4 Å². The highest BCUT2D eigenvalue weighted by atomic mass is 19.3. The number of carbonyl (C=O) groups is 1. The second-order valence-corrected chi connectivity index (χ2v) is 3.98. The summed E-state index contributed by atoms with van der Waals surface area (Å²) in [7, 11) is 0. The van der Waals surface area contributed by atoms with Gasteiger partial charge in [-0.15, -0.1) is 0 Å². The fraction of sp³-hybridized carbons (Fsp3) is 0.0714. The van der Waals surface area contributed by atoms with Crippen molar-refractivity contribution in [3.63, 3.8) is 0 Å². The van der Waals surface area contributed by atoms with E-state index in [0.29, 0.717) is 0 Å². The summed E-state index contributed by atoms with van der Waals surface area (Å²) in [6.07, 6.45) is 0. The van der Waals surface area contributed by atoms with Crippen LogP contribution in [-0.4, -0.2) is 12.5 Å². The Morgan fingerprint density at radius 3 is 2.33 bits per heavy atom. The van der Waals surface area contributed by atoms with Gasteiger partial charge in [-0.1, -0.05) is 0 Å². The maximum atomic E-state index is 13.4. The van der Waals surface area contributed by atoms with Gasteiger partial charge < -0.3 is 10.1 Å². The predicted molar refractivity (Wildman–Crippen MR) is 67.4 cm³/mol. The molecule has 2 aromatic carbocycles. The zero-order valence-electron chi connectivity index (χ0n) is 10.4. The molecule has 0 radical (unpaired) electrons. The molecule has 21 heavy (non-hydrogen) atoms. The molecule has 1 amide bonds. The lowest BCUT2D eigenvalue weighted by molar-refractivity contribution is -0.0498. The highest BCUT2D eigenvalue weighted by Crippen LogP contribution is 2.18. The zero-order chi connectivity index (χ0) is 15.4. The van der Waals surface area contributed by atoms with Gasteiger partial charge in [0.25, 0.3) is 5.91 Å². The Kier molecular flexibility index (Phi) is 4.42. The van der Waals surface area contributed by atoms with Gasteiger partial charge in [0, 0.05) is 11.6 Å². The molecule has 0 aliphatic carbocycles. The first-order chi connectivity index (χ1) is 9.95. The SMILES string of the molecule is O=C(Nc1cc(F)ccc1F)c1ccc(OC(F)F)cc1. The fourth-order valence-corrected chi connectivity index (χ4v) is 1.58. The van der Waals surface area contributed by atoms with Crippen LogP contribution in [0.3, 0.4) is 0 Å². The molecule has 2 aromatic rings. The van der Waals surface area contributed by atoms with E-state index >= 15 is 0 Å². The molecule has 2 rings (SSSR count). The minimum absolute atomic E-state index is 0.0836. The molecule has 0 fully saturated rings. The number of benzene rings is 2. The molecule has 0 saturated carbocycles. The van der Waals surface area contributed by atoms with Crippen molar-refractivity contribution in [3.05, 3.63) is 59.7 Å². The average molecular weight is 299 g/mol. The van der Waals surface area contributed by atoms with Crippen molar-refractivity contribution in [2.45, 2.75) is 6.61 Å². The zero-order valence-corrected chi connectivity index (χ0v) is 10.4. The Hall–Kier alpha value is -2.57. The van der Waals surface area contributed by atoms with E-state index in [1.54, 1.807) is 0 Å². The molecule has 3 nitrogen and oxygen atoms in total. The van der Waals surface area contributed by atoms with Crippen LogP contribution in [0.5, 0.6) is 5.75 Å². The molecule has 110 valence electrons. The van der Waals surface area contributed by atoms with Gasteiger partial charge >= 0.3 is 6.61 Å². The highest BCUT2D eigenvalue weighted by molar-refractivity contribution is 6.04. The van der Waals surface area contributed by atoms with E-state index in [1.807, 2.05) is 0 Å². The van der Waals surface area contributed by atoms with Crippen molar-refractivity contribution < 1.29 is 27.1 Å². The quantitative estimate of drug-likeness (QED) is 0.872. The lowest BCUT2D eigenvalue weighted by Gasteiger charge is -2.08. The summed E-state index contributed by atoms with van der Waals surface area (Å²) in [6.45, 7) is -2.97. The van der Waals surface area contributed by atoms with E-state index in [-0.39, 0.29) is 17.0 Å². The molecule has 0 saturated heterocycles. The maximum Gasteiger partial charge on any atom is 0.387 e. The summed E-state index contributed by atoms with van der Waals surface area (Å²) < 4.78 is 54.4. The van der Waals surface area contributed by atoms with Crippen molar-refractivity contribution in [1.82, 2.24) is 0 Å². The molecular formula is C14H9F4NO2. The Balaban J connectivity index is 2.11. The third-order valence-electron chi connectivity index (χ3n) is 2.52. The first kappa shape index (κ1) is 14.8. The molecule has 0 unspecified atom stereocenters. The van der Waals surface area contributed by atoms with Crippen LogP contribution in [0.4, 0.5) is 23.2 Å². The van der Waals surface area contributed by atoms with Crippen molar-refractivity contribution >= 4 is 11.6 Å². The number of ether oxygens (including phenoxy) is 1. The third kappa shape index (κ3) is 3.95. The van der Waals surface area contributed by atoms with Gasteiger partial charge in [-0.25, -0.2) is 8.78 Å². The molecule has 0 aromatic heterocycles. The first-order valence-corrected chi connectivity index (χ1v) is 5.77. The van der Waals surface area contributed by atoms with E-state index in [4.69, 9.17) is 0 Å². The van der Waals surface area contributed by atoms with Crippen LogP contribution in [0.15, 0.2) is 42.5 Å². The van der Waals surface area contributed by atoms with Crippen LogP contribution in [0, 0.1) is 11.6 Å². The Bertz CT molecular complexity index is 644. The molecule has 0 atom stereocenters. The van der Waals surface area contributed by atoms with Gasteiger partial charge in [0.1, 0.15) is 17.4 Å². The smallest absolute Gasteiger partial charge is 0.387 e. The summed E-state index contributed by atoms with van der Waals surface area (Å²) in [6, 6.07) is 7.42. The number of nitrogens with one attached hydrogen (secondary N) is 1. The molecule has 0 aliphatic heterocycles. The normalized spacial score (nSPS) is 10.5. The van der Waals surface area contributed by atoms with E-state index in [0.717, 1.165) is 18.2 Å². The number of amides is 1. The van der Waals surface area contributed by atoms with Gasteiger partial charge in [0.05, 0.1) is 5.69 Å². The lowest BCUT2D eigenvalue weighted by Crippen LogP contribution is -2.13. The molecule has 0 bridgehead atoms. The third-order valence-corrected chi connectivity index (χ3v) is 2.52. The number of rotatable bonds is 4.